The van der Waals surface area contributed by atoms with Gasteiger partial charge in [0, 0.05) is 32.5 Å². The van der Waals surface area contributed by atoms with Crippen molar-refractivity contribution in [2.45, 2.75) is 20.0 Å². The standard InChI is InChI=1S/C17H25N5O2.HI/c1-4-18-17(22(3)13-14-7-5-9-21(14)2)20-12-16(23)19-11-15-8-6-10-24-15;/h5-10H,4,11-13H2,1-3H3,(H,18,20)(H,19,23);1H. The van der Waals surface area contributed by atoms with E-state index < -0.39 is 0 Å². The highest BCUT2D eigenvalue weighted by Crippen LogP contribution is 2.04. The molecule has 2 aromatic rings. The molecule has 25 heavy (non-hydrogen) atoms. The van der Waals surface area contributed by atoms with Crippen molar-refractivity contribution >= 4 is 35.8 Å². The highest BCUT2D eigenvalue weighted by molar-refractivity contribution is 14.0. The number of hydrogen-bond donors (Lipinski definition) is 2. The van der Waals surface area contributed by atoms with Crippen molar-refractivity contribution < 1.29 is 9.21 Å². The predicted octanol–water partition coefficient (Wildman–Crippen LogP) is 1.95. The molecule has 8 heteroatoms. The minimum Gasteiger partial charge on any atom is -0.467 e. The van der Waals surface area contributed by atoms with Crippen molar-refractivity contribution in [2.75, 3.05) is 20.1 Å². The molecule has 0 fully saturated rings. The number of carbonyl (C=O) groups excluding carboxylic acids is 1. The number of hydrogen-bond acceptors (Lipinski definition) is 3. The van der Waals surface area contributed by atoms with Gasteiger partial charge in [-0.15, -0.1) is 24.0 Å². The van der Waals surface area contributed by atoms with E-state index >= 15 is 0 Å². The van der Waals surface area contributed by atoms with Crippen molar-refractivity contribution in [1.29, 1.82) is 0 Å². The van der Waals surface area contributed by atoms with Crippen molar-refractivity contribution in [2.24, 2.45) is 12.0 Å². The number of nitrogens with zero attached hydrogens (tertiary/aromatic N) is 3. The zero-order valence-electron chi connectivity index (χ0n) is 14.9. The third-order valence-corrected chi connectivity index (χ3v) is 3.56. The van der Waals surface area contributed by atoms with E-state index in [1.807, 2.05) is 44.2 Å². The van der Waals surface area contributed by atoms with Crippen molar-refractivity contribution in [3.63, 3.8) is 0 Å². The molecule has 7 nitrogen and oxygen atoms in total. The minimum atomic E-state index is -0.144. The molecular formula is C17H26IN5O2. The van der Waals surface area contributed by atoms with Gasteiger partial charge in [-0.25, -0.2) is 4.99 Å². The monoisotopic (exact) mass is 459 g/mol. The average Bonchev–Trinajstić information content (AvgIpc) is 3.21. The lowest BCUT2D eigenvalue weighted by Crippen LogP contribution is -2.39. The number of carbonyl (C=O) groups is 1. The van der Waals surface area contributed by atoms with Crippen LogP contribution in [0.5, 0.6) is 0 Å². The lowest BCUT2D eigenvalue weighted by molar-refractivity contribution is -0.119. The zero-order chi connectivity index (χ0) is 17.4. The second kappa shape index (κ2) is 10.8. The van der Waals surface area contributed by atoms with Crippen LogP contribution in [0.25, 0.3) is 0 Å². The number of aromatic nitrogens is 1. The molecule has 0 aliphatic carbocycles. The predicted molar refractivity (Wildman–Crippen MR) is 109 cm³/mol. The van der Waals surface area contributed by atoms with Gasteiger partial charge in [0.2, 0.25) is 5.91 Å². The lowest BCUT2D eigenvalue weighted by atomic mass is 10.4. The van der Waals surface area contributed by atoms with E-state index in [0.29, 0.717) is 19.0 Å². The van der Waals surface area contributed by atoms with Gasteiger partial charge in [0.1, 0.15) is 12.3 Å². The van der Waals surface area contributed by atoms with Crippen LogP contribution in [0.15, 0.2) is 46.1 Å². The molecule has 2 aromatic heterocycles. The largest absolute Gasteiger partial charge is 0.467 e. The Morgan fingerprint density at radius 3 is 2.72 bits per heavy atom. The maximum absolute atomic E-state index is 11.9. The van der Waals surface area contributed by atoms with Crippen LogP contribution < -0.4 is 10.6 Å². The van der Waals surface area contributed by atoms with Crippen LogP contribution in [-0.4, -0.2) is 41.5 Å². The number of rotatable bonds is 7. The number of aliphatic imine (C=N–C) groups is 1. The molecule has 0 spiro atoms. The highest BCUT2D eigenvalue weighted by atomic mass is 127. The Labute approximate surface area is 165 Å². The smallest absolute Gasteiger partial charge is 0.242 e. The maximum atomic E-state index is 11.9. The van der Waals surface area contributed by atoms with Crippen molar-refractivity contribution in [1.82, 2.24) is 20.1 Å². The second-order valence-corrected chi connectivity index (χ2v) is 5.49. The first kappa shape index (κ1) is 21.1. The van der Waals surface area contributed by atoms with Gasteiger partial charge in [0.25, 0.3) is 0 Å². The Kier molecular flexibility index (Phi) is 9.11. The molecule has 0 radical (unpaired) electrons. The fraction of sp³-hybridized carbons (Fsp3) is 0.412. The van der Waals surface area contributed by atoms with Crippen molar-refractivity contribution in [3.8, 4) is 0 Å². The lowest BCUT2D eigenvalue weighted by Gasteiger charge is -2.22. The summed E-state index contributed by atoms with van der Waals surface area (Å²) < 4.78 is 7.25. The minimum absolute atomic E-state index is 0. The summed E-state index contributed by atoms with van der Waals surface area (Å²) in [5.74, 6) is 1.28. The van der Waals surface area contributed by atoms with E-state index in [-0.39, 0.29) is 36.4 Å². The molecule has 0 saturated carbocycles. The number of nitrogens with one attached hydrogen (secondary N) is 2. The average molecular weight is 459 g/mol. The van der Waals surface area contributed by atoms with E-state index in [1.165, 1.54) is 5.69 Å². The maximum Gasteiger partial charge on any atom is 0.242 e. The summed E-state index contributed by atoms with van der Waals surface area (Å²) in [5.41, 5.74) is 1.17. The van der Waals surface area contributed by atoms with E-state index in [0.717, 1.165) is 12.3 Å². The van der Waals surface area contributed by atoms with Crippen LogP contribution in [0.3, 0.4) is 0 Å². The molecule has 0 bridgehead atoms. The quantitative estimate of drug-likeness (QED) is 0.377. The third kappa shape index (κ3) is 6.81. The summed E-state index contributed by atoms with van der Waals surface area (Å²) in [6.07, 6.45) is 3.59. The van der Waals surface area contributed by atoms with E-state index in [2.05, 4.69) is 26.3 Å². The number of aryl methyl sites for hydroxylation is 1. The van der Waals surface area contributed by atoms with Crippen LogP contribution in [0.1, 0.15) is 18.4 Å². The SMILES string of the molecule is CCNC(=NCC(=O)NCc1ccco1)N(C)Cc1cccn1C.I. The van der Waals surface area contributed by atoms with Crippen LogP contribution in [0, 0.1) is 0 Å². The number of guanidine groups is 1. The molecule has 0 atom stereocenters. The van der Waals surface area contributed by atoms with Gasteiger partial charge in [0.05, 0.1) is 19.4 Å². The summed E-state index contributed by atoms with van der Waals surface area (Å²) in [6.45, 7) is 3.90. The highest BCUT2D eigenvalue weighted by Gasteiger charge is 2.09. The van der Waals surface area contributed by atoms with Gasteiger partial charge in [-0.2, -0.15) is 0 Å². The normalized spacial score (nSPS) is 10.9. The first-order valence-corrected chi connectivity index (χ1v) is 7.99. The summed E-state index contributed by atoms with van der Waals surface area (Å²) in [7, 11) is 3.96. The first-order valence-electron chi connectivity index (χ1n) is 7.99. The second-order valence-electron chi connectivity index (χ2n) is 5.49. The Morgan fingerprint density at radius 1 is 1.32 bits per heavy atom. The molecular weight excluding hydrogens is 433 g/mol. The first-order chi connectivity index (χ1) is 11.6. The molecule has 0 aliphatic rings. The van der Waals surface area contributed by atoms with E-state index in [4.69, 9.17) is 4.42 Å². The topological polar surface area (TPSA) is 74.8 Å². The molecule has 138 valence electrons. The Bertz CT molecular complexity index is 666. The number of amides is 1. The van der Waals surface area contributed by atoms with Crippen molar-refractivity contribution in [3.05, 3.63) is 48.2 Å². The molecule has 2 N–H and O–H groups in total. The van der Waals surface area contributed by atoms with Gasteiger partial charge < -0.3 is 24.5 Å². The van der Waals surface area contributed by atoms with Gasteiger partial charge in [-0.1, -0.05) is 0 Å². The fourth-order valence-electron chi connectivity index (χ4n) is 2.25. The summed E-state index contributed by atoms with van der Waals surface area (Å²) in [4.78, 5) is 18.3. The molecule has 0 unspecified atom stereocenters. The van der Waals surface area contributed by atoms with Gasteiger partial charge in [-0.05, 0) is 31.2 Å². The van der Waals surface area contributed by atoms with Crippen LogP contribution in [0.2, 0.25) is 0 Å². The molecule has 0 aromatic carbocycles. The molecule has 2 heterocycles. The number of halogens is 1. The molecule has 0 saturated heterocycles. The van der Waals surface area contributed by atoms with E-state index in [1.54, 1.807) is 12.3 Å². The van der Waals surface area contributed by atoms with Gasteiger partial charge in [-0.3, -0.25) is 4.79 Å². The summed E-state index contributed by atoms with van der Waals surface area (Å²) in [5, 5.41) is 5.99. The van der Waals surface area contributed by atoms with Crippen LogP contribution >= 0.6 is 24.0 Å². The Hall–Kier alpha value is -1.97. The number of furan rings is 1. The Balaban J connectivity index is 0.00000312. The molecule has 0 aliphatic heterocycles. The zero-order valence-corrected chi connectivity index (χ0v) is 17.2. The summed E-state index contributed by atoms with van der Waals surface area (Å²) in [6, 6.07) is 7.69. The van der Waals surface area contributed by atoms with Crippen LogP contribution in [0.4, 0.5) is 0 Å². The Morgan fingerprint density at radius 2 is 2.12 bits per heavy atom. The molecule has 1 amide bonds. The third-order valence-electron chi connectivity index (χ3n) is 3.56. The fourth-order valence-corrected chi connectivity index (χ4v) is 2.25. The molecule has 2 rings (SSSR count). The van der Waals surface area contributed by atoms with Gasteiger partial charge in [0.15, 0.2) is 5.96 Å². The van der Waals surface area contributed by atoms with E-state index in [9.17, 15) is 4.79 Å². The summed E-state index contributed by atoms with van der Waals surface area (Å²) >= 11 is 0. The van der Waals surface area contributed by atoms with Crippen LogP contribution in [-0.2, 0) is 24.9 Å². The van der Waals surface area contributed by atoms with Gasteiger partial charge >= 0.3 is 0 Å².